The zero-order valence-corrected chi connectivity index (χ0v) is 19.4. The smallest absolute Gasteiger partial charge is 0.302 e. The average Bonchev–Trinajstić information content (AvgIpc) is 3.24. The number of fused-ring (bicyclic) bond motifs is 1. The molecule has 1 aromatic rings. The molecule has 7 atom stereocenters. The number of hydrogen-bond donors (Lipinski definition) is 2. The third-order valence-corrected chi connectivity index (χ3v) is 8.02. The van der Waals surface area contributed by atoms with E-state index < -0.39 is 58.2 Å². The van der Waals surface area contributed by atoms with E-state index in [0.29, 0.717) is 25.7 Å². The van der Waals surface area contributed by atoms with Crippen molar-refractivity contribution in [3.63, 3.8) is 0 Å². The van der Waals surface area contributed by atoms with Gasteiger partial charge in [-0.15, -0.1) is 0 Å². The van der Waals surface area contributed by atoms with Gasteiger partial charge in [0.15, 0.2) is 5.78 Å². The van der Waals surface area contributed by atoms with Crippen molar-refractivity contribution < 1.29 is 38.5 Å². The molecule has 32 heavy (non-hydrogen) atoms. The van der Waals surface area contributed by atoms with Crippen molar-refractivity contribution in [3.05, 3.63) is 24.2 Å². The molecule has 2 unspecified atom stereocenters. The highest BCUT2D eigenvalue weighted by Crippen LogP contribution is 2.63. The van der Waals surface area contributed by atoms with E-state index in [0.717, 1.165) is 5.56 Å². The van der Waals surface area contributed by atoms with Crippen LogP contribution in [0.5, 0.6) is 0 Å². The minimum Gasteiger partial charge on any atom is -0.472 e. The molecular formula is C24H34O8. The number of ketones is 1. The third kappa shape index (κ3) is 3.88. The molecular weight excluding hydrogens is 416 g/mol. The van der Waals surface area contributed by atoms with E-state index in [2.05, 4.69) is 0 Å². The first-order valence-corrected chi connectivity index (χ1v) is 11.1. The van der Waals surface area contributed by atoms with Crippen molar-refractivity contribution in [2.45, 2.75) is 78.1 Å². The summed E-state index contributed by atoms with van der Waals surface area (Å²) in [5, 5.41) is 23.0. The van der Waals surface area contributed by atoms with Crippen LogP contribution in [0.15, 0.2) is 23.0 Å². The van der Waals surface area contributed by atoms with E-state index in [4.69, 9.17) is 13.9 Å². The van der Waals surface area contributed by atoms with Gasteiger partial charge in [-0.25, -0.2) is 0 Å². The number of furan rings is 1. The predicted octanol–water partition coefficient (Wildman–Crippen LogP) is 2.44. The average molecular weight is 451 g/mol. The Morgan fingerprint density at radius 3 is 2.50 bits per heavy atom. The van der Waals surface area contributed by atoms with E-state index >= 15 is 0 Å². The summed E-state index contributed by atoms with van der Waals surface area (Å²) in [6.07, 6.45) is 2.72. The Morgan fingerprint density at radius 1 is 1.25 bits per heavy atom. The first kappa shape index (κ1) is 24.5. The lowest BCUT2D eigenvalue weighted by molar-refractivity contribution is -0.253. The van der Waals surface area contributed by atoms with Crippen LogP contribution in [0.4, 0.5) is 0 Å². The number of carbonyl (C=O) groups is 3. The van der Waals surface area contributed by atoms with E-state index in [1.54, 1.807) is 26.4 Å². The van der Waals surface area contributed by atoms with Crippen molar-refractivity contribution in [1.29, 1.82) is 0 Å². The molecule has 0 radical (unpaired) electrons. The topological polar surface area (TPSA) is 123 Å². The summed E-state index contributed by atoms with van der Waals surface area (Å²) >= 11 is 0. The van der Waals surface area contributed by atoms with Crippen LogP contribution in [-0.4, -0.2) is 52.4 Å². The van der Waals surface area contributed by atoms with Crippen molar-refractivity contribution in [2.24, 2.45) is 22.7 Å². The van der Waals surface area contributed by atoms with Crippen LogP contribution >= 0.6 is 0 Å². The Balaban J connectivity index is 2.07. The molecule has 0 spiro atoms. The first-order chi connectivity index (χ1) is 14.9. The highest BCUT2D eigenvalue weighted by atomic mass is 16.6. The molecule has 3 rings (SSSR count). The first-order valence-electron chi connectivity index (χ1n) is 11.1. The maximum absolute atomic E-state index is 13.5. The van der Waals surface area contributed by atoms with Gasteiger partial charge < -0.3 is 24.1 Å². The van der Waals surface area contributed by atoms with Crippen LogP contribution in [0.3, 0.4) is 0 Å². The van der Waals surface area contributed by atoms with Crippen LogP contribution in [0.25, 0.3) is 0 Å². The molecule has 2 N–H and O–H groups in total. The van der Waals surface area contributed by atoms with E-state index in [-0.39, 0.29) is 6.61 Å². The quantitative estimate of drug-likeness (QED) is 0.634. The summed E-state index contributed by atoms with van der Waals surface area (Å²) < 4.78 is 16.0. The van der Waals surface area contributed by atoms with Crippen molar-refractivity contribution in [3.8, 4) is 0 Å². The molecule has 0 aromatic carbocycles. The zero-order chi connectivity index (χ0) is 23.9. The number of carbonyl (C=O) groups excluding carboxylic acids is 3. The lowest BCUT2D eigenvalue weighted by Gasteiger charge is -2.64. The number of Topliss-reactive ketones (excluding diaryl/α,β-unsaturated/α-hetero) is 1. The van der Waals surface area contributed by atoms with Gasteiger partial charge in [0.1, 0.15) is 18.8 Å². The minimum absolute atomic E-state index is 0.162. The molecule has 0 amide bonds. The van der Waals surface area contributed by atoms with Gasteiger partial charge in [-0.05, 0) is 37.3 Å². The minimum atomic E-state index is -1.39. The van der Waals surface area contributed by atoms with Crippen LogP contribution in [0, 0.1) is 22.7 Å². The summed E-state index contributed by atoms with van der Waals surface area (Å²) in [5.41, 5.74) is -2.51. The summed E-state index contributed by atoms with van der Waals surface area (Å²) in [7, 11) is 0. The second-order valence-electron chi connectivity index (χ2n) is 9.97. The maximum Gasteiger partial charge on any atom is 0.302 e. The number of aryl methyl sites for hydroxylation is 1. The summed E-state index contributed by atoms with van der Waals surface area (Å²) in [4.78, 5) is 37.0. The second kappa shape index (κ2) is 8.63. The number of aliphatic hydroxyl groups excluding tert-OH is 1. The van der Waals surface area contributed by atoms with Crippen molar-refractivity contribution >= 4 is 17.7 Å². The van der Waals surface area contributed by atoms with Gasteiger partial charge >= 0.3 is 11.9 Å². The highest BCUT2D eigenvalue weighted by molar-refractivity contribution is 5.89. The predicted molar refractivity (Wildman–Crippen MR) is 113 cm³/mol. The van der Waals surface area contributed by atoms with Crippen LogP contribution in [0.1, 0.15) is 59.4 Å². The molecule has 1 aromatic heterocycles. The summed E-state index contributed by atoms with van der Waals surface area (Å²) in [6, 6.07) is 1.82. The number of aliphatic hydroxyl groups is 2. The van der Waals surface area contributed by atoms with Crippen LogP contribution in [-0.2, 0) is 30.3 Å². The van der Waals surface area contributed by atoms with Crippen molar-refractivity contribution in [1.82, 2.24) is 0 Å². The monoisotopic (exact) mass is 450 g/mol. The fourth-order valence-electron chi connectivity index (χ4n) is 6.23. The highest BCUT2D eigenvalue weighted by Gasteiger charge is 2.70. The van der Waals surface area contributed by atoms with E-state index in [1.807, 2.05) is 13.0 Å². The molecule has 1 heterocycles. The van der Waals surface area contributed by atoms with Crippen LogP contribution < -0.4 is 0 Å². The lowest BCUT2D eigenvalue weighted by Crippen LogP contribution is -2.72. The Hall–Kier alpha value is -2.19. The zero-order valence-electron chi connectivity index (χ0n) is 19.4. The molecule has 8 nitrogen and oxygen atoms in total. The molecule has 178 valence electrons. The third-order valence-electron chi connectivity index (χ3n) is 8.02. The van der Waals surface area contributed by atoms with Gasteiger partial charge in [0, 0.05) is 36.5 Å². The second-order valence-corrected chi connectivity index (χ2v) is 9.97. The largest absolute Gasteiger partial charge is 0.472 e. The molecule has 2 aliphatic rings. The maximum atomic E-state index is 13.5. The lowest BCUT2D eigenvalue weighted by atomic mass is 9.42. The SMILES string of the molecule is CC(=O)OC[C@@]1(C)[C@@H](OC(C)=O)CC[C@@]2(C)[C@H]1C(=O)C(O)C(C)[C@]2(O)CCc1ccoc1. The number of rotatable bonds is 6. The molecule has 0 bridgehead atoms. The van der Waals surface area contributed by atoms with Gasteiger partial charge in [0.05, 0.1) is 18.1 Å². The normalized spacial score (nSPS) is 39.3. The Labute approximate surface area is 188 Å². The van der Waals surface area contributed by atoms with Gasteiger partial charge in [-0.2, -0.15) is 0 Å². The van der Waals surface area contributed by atoms with E-state index in [9.17, 15) is 24.6 Å². The molecule has 8 heteroatoms. The van der Waals surface area contributed by atoms with Gasteiger partial charge in [-0.1, -0.05) is 20.8 Å². The number of esters is 2. The van der Waals surface area contributed by atoms with Gasteiger partial charge in [0.2, 0.25) is 0 Å². The molecule has 0 saturated heterocycles. The number of ether oxygens (including phenoxy) is 2. The van der Waals surface area contributed by atoms with E-state index in [1.165, 1.54) is 13.8 Å². The number of hydrogen-bond acceptors (Lipinski definition) is 8. The van der Waals surface area contributed by atoms with Gasteiger partial charge in [0.25, 0.3) is 0 Å². The Morgan fingerprint density at radius 2 is 1.94 bits per heavy atom. The Kier molecular flexibility index (Phi) is 6.60. The Bertz CT molecular complexity index is 863. The summed E-state index contributed by atoms with van der Waals surface area (Å²) in [5.74, 6) is -3.02. The molecule has 2 aliphatic carbocycles. The fourth-order valence-corrected chi connectivity index (χ4v) is 6.23. The van der Waals surface area contributed by atoms with Crippen LogP contribution in [0.2, 0.25) is 0 Å². The molecule has 2 saturated carbocycles. The molecule has 2 fully saturated rings. The fraction of sp³-hybridized carbons (Fsp3) is 0.708. The van der Waals surface area contributed by atoms with Crippen molar-refractivity contribution in [2.75, 3.05) is 6.61 Å². The van der Waals surface area contributed by atoms with Gasteiger partial charge in [-0.3, -0.25) is 14.4 Å². The standard InChI is InChI=1S/C24H34O8/c1-14-19(27)20(28)21-22(4,13-31-15(2)25)18(32-16(3)26)7-9-23(21,5)24(14,29)10-6-17-8-11-30-12-17/h8,11-12,14,18-19,21,27,29H,6-7,9-10,13H2,1-5H3/t14?,18-,19?,21-,22-,23-,24+/m0/s1. The summed E-state index contributed by atoms with van der Waals surface area (Å²) in [6.45, 7) is 7.70. The molecule has 0 aliphatic heterocycles.